The van der Waals surface area contributed by atoms with Crippen molar-refractivity contribution in [1.82, 2.24) is 25.3 Å². The highest BCUT2D eigenvalue weighted by atomic mass is 32.1. The van der Waals surface area contributed by atoms with E-state index in [1.807, 2.05) is 42.5 Å². The van der Waals surface area contributed by atoms with Crippen molar-refractivity contribution >= 4 is 92.8 Å². The Balaban J connectivity index is 0.920. The van der Waals surface area contributed by atoms with Crippen LogP contribution in [0.3, 0.4) is 0 Å². The van der Waals surface area contributed by atoms with Crippen LogP contribution in [0.25, 0.3) is 20.9 Å². The largest absolute Gasteiger partial charge is 0.438 e. The Morgan fingerprint density at radius 1 is 0.914 bits per heavy atom. The summed E-state index contributed by atoms with van der Waals surface area (Å²) in [4.78, 5) is 124. The maximum Gasteiger partial charge on any atom is 0.404 e. The molecule has 8 rings (SSSR count). The molecule has 7 amide bonds. The first kappa shape index (κ1) is 59.7. The molecule has 0 radical (unpaired) electrons. The fraction of sp³-hybridized carbons (Fsp3) is 0.424. The number of benzene rings is 4. The highest BCUT2D eigenvalue weighted by Gasteiger charge is 2.53. The van der Waals surface area contributed by atoms with Crippen molar-refractivity contribution in [2.45, 2.75) is 117 Å². The number of halogens is 2. The van der Waals surface area contributed by atoms with Gasteiger partial charge in [-0.2, -0.15) is 8.78 Å². The quantitative estimate of drug-likeness (QED) is 0.0199. The molecule has 4 aromatic carbocycles. The molecule has 3 aliphatic heterocycles. The number of hydrogen-bond acceptors (Lipinski definition) is 12. The minimum Gasteiger partial charge on any atom is -0.438 e. The van der Waals surface area contributed by atoms with Gasteiger partial charge in [0, 0.05) is 79.6 Å². The minimum absolute atomic E-state index is 0.0128. The molecule has 2 saturated heterocycles. The van der Waals surface area contributed by atoms with Crippen molar-refractivity contribution in [2.24, 2.45) is 10.8 Å². The van der Waals surface area contributed by atoms with E-state index in [2.05, 4.69) is 27.0 Å². The predicted molar refractivity (Wildman–Crippen MR) is 300 cm³/mol. The first-order chi connectivity index (χ1) is 38.2. The van der Waals surface area contributed by atoms with E-state index in [1.165, 1.54) is 47.6 Å². The molecule has 3 N–H and O–H groups in total. The molecule has 0 saturated carbocycles. The number of nitrogens with zero attached hydrogens (tertiary/aromatic N) is 4. The van der Waals surface area contributed by atoms with E-state index < -0.39 is 84.2 Å². The van der Waals surface area contributed by atoms with Gasteiger partial charge >= 0.3 is 19.2 Å². The number of rotatable bonds is 17. The molecular weight excluding hydrogens is 1090 g/mol. The summed E-state index contributed by atoms with van der Waals surface area (Å²) in [6.45, 7) is 9.37. The Kier molecular flexibility index (Phi) is 17.7. The number of nitrogens with one attached hydrogen (secondary N) is 2. The molecule has 2 fully saturated rings. The summed E-state index contributed by atoms with van der Waals surface area (Å²) in [7, 11) is -4.08. The van der Waals surface area contributed by atoms with Gasteiger partial charge in [-0.05, 0) is 116 Å². The van der Waals surface area contributed by atoms with Crippen LogP contribution in [-0.4, -0.2) is 119 Å². The third-order valence-electron chi connectivity index (χ3n) is 14.6. The van der Waals surface area contributed by atoms with E-state index in [4.69, 9.17) is 4.74 Å². The van der Waals surface area contributed by atoms with Gasteiger partial charge in [-0.1, -0.05) is 75.1 Å². The Labute approximate surface area is 472 Å². The number of alkyl halides is 2. The van der Waals surface area contributed by atoms with Gasteiger partial charge in [0.1, 0.15) is 18.1 Å². The van der Waals surface area contributed by atoms with Crippen LogP contribution in [-0.2, 0) is 54.8 Å². The summed E-state index contributed by atoms with van der Waals surface area (Å²) in [6, 6.07) is 20.0. The zero-order valence-electron chi connectivity index (χ0n) is 46.1. The summed E-state index contributed by atoms with van der Waals surface area (Å²) >= 11 is 0.951. The normalized spacial score (nSPS) is 17.7. The summed E-state index contributed by atoms with van der Waals surface area (Å²) in [5.41, 5.74) is -4.88. The van der Waals surface area contributed by atoms with Crippen molar-refractivity contribution < 1.29 is 65.9 Å². The highest BCUT2D eigenvalue weighted by Crippen LogP contribution is 2.63. The van der Waals surface area contributed by atoms with Crippen LogP contribution in [0.2, 0.25) is 0 Å². The number of fused-ring (bicyclic) bond motifs is 3. The van der Waals surface area contributed by atoms with Crippen molar-refractivity contribution in [1.29, 1.82) is 0 Å². The van der Waals surface area contributed by atoms with Gasteiger partial charge in [-0.15, -0.1) is 11.3 Å². The predicted octanol–water partition coefficient (Wildman–Crippen LogP) is 8.46. The van der Waals surface area contributed by atoms with Gasteiger partial charge in [-0.25, -0.2) is 0 Å². The van der Waals surface area contributed by atoms with Crippen LogP contribution in [0.15, 0.2) is 84.9 Å². The maximum absolute atomic E-state index is 15.6. The molecule has 4 heterocycles. The summed E-state index contributed by atoms with van der Waals surface area (Å²) < 4.78 is 53.6. The van der Waals surface area contributed by atoms with Crippen LogP contribution >= 0.6 is 18.9 Å². The van der Waals surface area contributed by atoms with Crippen molar-refractivity contribution in [3.63, 3.8) is 0 Å². The minimum atomic E-state index is -5.75. The van der Waals surface area contributed by atoms with Gasteiger partial charge in [0.25, 0.3) is 11.8 Å². The van der Waals surface area contributed by atoms with Gasteiger partial charge < -0.3 is 34.5 Å². The number of hydrogen-bond donors (Lipinski definition) is 3. The molecule has 0 spiro atoms. The van der Waals surface area contributed by atoms with E-state index in [9.17, 15) is 47.8 Å². The maximum atomic E-state index is 15.6. The van der Waals surface area contributed by atoms with Crippen molar-refractivity contribution in [3.05, 3.63) is 112 Å². The number of anilines is 1. The number of esters is 1. The molecule has 428 valence electrons. The Bertz CT molecular complexity index is 3450. The van der Waals surface area contributed by atoms with E-state index in [0.29, 0.717) is 59.3 Å². The van der Waals surface area contributed by atoms with Crippen molar-refractivity contribution in [2.75, 3.05) is 38.4 Å². The molecule has 4 atom stereocenters. The fourth-order valence-electron chi connectivity index (χ4n) is 9.94. The number of likely N-dealkylation sites (tertiary alicyclic amines) is 1. The fourth-order valence-corrected chi connectivity index (χ4v) is 11.7. The van der Waals surface area contributed by atoms with E-state index in [0.717, 1.165) is 34.2 Å². The summed E-state index contributed by atoms with van der Waals surface area (Å²) in [5, 5.41) is 7.09. The molecule has 22 heteroatoms. The highest BCUT2D eigenvalue weighted by molar-refractivity contribution is 7.53. The van der Waals surface area contributed by atoms with Crippen LogP contribution in [0, 0.1) is 22.7 Å². The number of ether oxygens (including phenoxy) is 1. The van der Waals surface area contributed by atoms with E-state index in [1.54, 1.807) is 50.9 Å². The molecular formula is C59H65F2N6O12PS. The first-order valence-corrected chi connectivity index (χ1v) is 29.0. The molecule has 1 aromatic heterocycles. The first-order valence-electron chi connectivity index (χ1n) is 26.6. The van der Waals surface area contributed by atoms with E-state index in [-0.39, 0.29) is 66.9 Å². The summed E-state index contributed by atoms with van der Waals surface area (Å²) in [5.74, 6) is 2.50. The molecule has 2 unspecified atom stereocenters. The number of carbonyl (C=O) groups excluding carboxylic acids is 8. The third kappa shape index (κ3) is 13.2. The Hall–Kier alpha value is -7.37. The molecule has 0 bridgehead atoms. The topological polar surface area (TPSA) is 229 Å². The SMILES string of the molecule is CN(CCCC#Cc1cccc2c1CN(C1CCC(=O)NC1=O)C2=O)C(=O)CCN(C(=O)[C@@H]1CCCN1C(=O)[C@@H](NC(=O)c1cc2cc(C(F)(F)P(=O)(O)OCOC(=O)C(C)(C)C)ccc2s1)C(C)(C)C)c1ccc2ccccc2c1. The Morgan fingerprint density at radius 2 is 1.65 bits per heavy atom. The number of imide groups is 1. The lowest BCUT2D eigenvalue weighted by atomic mass is 9.85. The molecule has 5 aromatic rings. The van der Waals surface area contributed by atoms with Crippen LogP contribution in [0.5, 0.6) is 0 Å². The zero-order valence-corrected chi connectivity index (χ0v) is 47.8. The lowest BCUT2D eigenvalue weighted by molar-refractivity contribution is -0.160. The molecule has 81 heavy (non-hydrogen) atoms. The molecule has 0 aliphatic carbocycles. The lowest BCUT2D eigenvalue weighted by Gasteiger charge is -2.36. The van der Waals surface area contributed by atoms with Crippen LogP contribution in [0.1, 0.15) is 123 Å². The number of amides is 7. The second-order valence-corrected chi connectivity index (χ2v) is 25.5. The van der Waals surface area contributed by atoms with Gasteiger partial charge in [0.15, 0.2) is 0 Å². The van der Waals surface area contributed by atoms with Gasteiger partial charge in [-0.3, -0.25) is 52.8 Å². The molecule has 18 nitrogen and oxygen atoms in total. The average Bonchev–Trinajstić information content (AvgIpc) is 4.25. The smallest absolute Gasteiger partial charge is 0.404 e. The number of unbranched alkanes of at least 4 members (excludes halogenated alkanes) is 1. The molecule has 3 aliphatic rings. The summed E-state index contributed by atoms with van der Waals surface area (Å²) in [6.07, 6.45) is 2.09. The second-order valence-electron chi connectivity index (χ2n) is 22.5. The van der Waals surface area contributed by atoms with Crippen LogP contribution < -0.4 is 15.5 Å². The van der Waals surface area contributed by atoms with E-state index >= 15 is 8.78 Å². The van der Waals surface area contributed by atoms with Crippen molar-refractivity contribution in [3.8, 4) is 11.8 Å². The number of carbonyl (C=O) groups is 8. The average molecular weight is 1150 g/mol. The second kappa shape index (κ2) is 24.0. The van der Waals surface area contributed by atoms with Gasteiger partial charge in [0.2, 0.25) is 36.3 Å². The standard InChI is InChI=1S/C59H65F2N6O12PS/c1-57(2,3)50(63-52(71)47-33-39-31-40(22-25-46(39)81-47)59(60,61)80(76,77)79-35-78-56(75)58(4,5)6)55(74)66-29-14-20-45(66)54(73)65(41-23-21-36-15-10-11-17-38(36)32-41)30-27-49(69)64(7)28-12-8-9-16-37-18-13-19-42-43(37)34-67(53(42)72)44-24-26-48(68)62-51(44)70/h10-11,13,15,17-19,21-23,25,31-33,44-45,50H,8,12,14,20,24,26-30,34-35H2,1-7H3,(H,63,71)(H,76,77)(H,62,68,70)/t44?,45-,50+/m0/s1. The van der Waals surface area contributed by atoms with Crippen LogP contribution in [0.4, 0.5) is 14.5 Å². The monoisotopic (exact) mass is 1150 g/mol. The zero-order chi connectivity index (χ0) is 58.8. The lowest BCUT2D eigenvalue weighted by Crippen LogP contribution is -2.58. The third-order valence-corrected chi connectivity index (χ3v) is 17.1. The van der Waals surface area contributed by atoms with Gasteiger partial charge in [0.05, 0.1) is 10.3 Å². The Morgan fingerprint density at radius 3 is 2.37 bits per heavy atom. The number of piperidine rings is 1. The number of thiophene rings is 1.